The molecular formula is C55H44N4. The number of aromatic nitrogens is 4. The number of fused-ring (bicyclic) bond motifs is 6. The Morgan fingerprint density at radius 3 is 0.831 bits per heavy atom. The van der Waals surface area contributed by atoms with Gasteiger partial charge in [0.05, 0.1) is 44.8 Å². The van der Waals surface area contributed by atoms with Crippen molar-refractivity contribution >= 4 is 43.6 Å². The van der Waals surface area contributed by atoms with E-state index in [9.17, 15) is 0 Å². The van der Waals surface area contributed by atoms with Crippen LogP contribution in [0.1, 0.15) is 47.2 Å². The highest BCUT2D eigenvalue weighted by molar-refractivity contribution is 6.05. The van der Waals surface area contributed by atoms with Crippen molar-refractivity contribution < 1.29 is 0 Å². The molecule has 0 saturated carbocycles. The molecule has 6 aromatic carbocycles. The van der Waals surface area contributed by atoms with Gasteiger partial charge in [-0.3, -0.25) is 0 Å². The van der Waals surface area contributed by atoms with Gasteiger partial charge < -0.3 is 0 Å². The Labute approximate surface area is 345 Å². The second-order valence-corrected chi connectivity index (χ2v) is 16.7. The quantitative estimate of drug-likeness (QED) is 0.158. The number of hydrogen-bond donors (Lipinski definition) is 0. The number of pyridine rings is 4. The molecule has 0 unspecified atom stereocenters. The van der Waals surface area contributed by atoms with Crippen molar-refractivity contribution in [2.75, 3.05) is 0 Å². The fraction of sp³-hybridized carbons (Fsp3) is 0.127. The van der Waals surface area contributed by atoms with Crippen LogP contribution in [0, 0.1) is 27.7 Å². The summed E-state index contributed by atoms with van der Waals surface area (Å²) in [4.78, 5) is 20.8. The van der Waals surface area contributed by atoms with Crippen LogP contribution in [0.4, 0.5) is 0 Å². The van der Waals surface area contributed by atoms with Crippen molar-refractivity contribution in [3.05, 3.63) is 191 Å². The van der Waals surface area contributed by atoms with Crippen molar-refractivity contribution in [2.45, 2.75) is 47.0 Å². The van der Waals surface area contributed by atoms with Crippen LogP contribution >= 0.6 is 0 Å². The molecule has 0 saturated heterocycles. The first-order valence-electron chi connectivity index (χ1n) is 20.4. The summed E-state index contributed by atoms with van der Waals surface area (Å²) < 4.78 is 0. The summed E-state index contributed by atoms with van der Waals surface area (Å²) in [5.41, 5.74) is 19.1. The van der Waals surface area contributed by atoms with E-state index in [0.29, 0.717) is 0 Å². The van der Waals surface area contributed by atoms with Gasteiger partial charge >= 0.3 is 0 Å². The molecule has 0 amide bonds. The van der Waals surface area contributed by atoms with Gasteiger partial charge in [-0.15, -0.1) is 0 Å². The molecule has 10 rings (SSSR count). The zero-order valence-electron chi connectivity index (χ0n) is 34.3. The van der Waals surface area contributed by atoms with E-state index in [1.807, 2.05) is 0 Å². The van der Waals surface area contributed by atoms with Gasteiger partial charge in [0.2, 0.25) is 0 Å². The molecule has 0 atom stereocenters. The van der Waals surface area contributed by atoms with E-state index in [1.54, 1.807) is 0 Å². The Kier molecular flexibility index (Phi) is 8.68. The molecular weight excluding hydrogens is 717 g/mol. The number of benzene rings is 6. The summed E-state index contributed by atoms with van der Waals surface area (Å²) in [5, 5.41) is 4.34. The van der Waals surface area contributed by atoms with Crippen molar-refractivity contribution in [2.24, 2.45) is 0 Å². The smallest absolute Gasteiger partial charge is 0.0972 e. The Morgan fingerprint density at radius 1 is 0.288 bits per heavy atom. The number of rotatable bonds is 6. The molecule has 0 aliphatic rings. The van der Waals surface area contributed by atoms with E-state index in [4.69, 9.17) is 19.9 Å². The third-order valence-electron chi connectivity index (χ3n) is 11.9. The topological polar surface area (TPSA) is 51.6 Å². The average molecular weight is 761 g/mol. The molecule has 4 heteroatoms. The number of aryl methyl sites for hydroxylation is 4. The molecule has 0 bridgehead atoms. The Hall–Kier alpha value is -7.04. The molecule has 0 spiro atoms. The normalized spacial score (nSPS) is 11.9. The minimum absolute atomic E-state index is 0.222. The molecule has 4 aromatic heterocycles. The minimum Gasteiger partial charge on any atom is -0.245 e. The Morgan fingerprint density at radius 2 is 0.542 bits per heavy atom. The van der Waals surface area contributed by atoms with Gasteiger partial charge in [-0.1, -0.05) is 145 Å². The van der Waals surface area contributed by atoms with Crippen molar-refractivity contribution in [3.8, 4) is 45.0 Å². The van der Waals surface area contributed by atoms with Crippen LogP contribution in [0.25, 0.3) is 88.6 Å². The lowest BCUT2D eigenvalue weighted by Gasteiger charge is -2.26. The van der Waals surface area contributed by atoms with E-state index in [0.717, 1.165) is 88.6 Å². The Bertz CT molecular complexity index is 3010. The summed E-state index contributed by atoms with van der Waals surface area (Å²) in [6.45, 7) is 13.1. The van der Waals surface area contributed by atoms with Gasteiger partial charge in [-0.2, -0.15) is 0 Å². The molecule has 4 heterocycles. The fourth-order valence-electron chi connectivity index (χ4n) is 8.71. The Balaban J connectivity index is 0.936. The van der Waals surface area contributed by atoms with Gasteiger partial charge in [0, 0.05) is 49.2 Å². The van der Waals surface area contributed by atoms with Crippen LogP contribution in [-0.4, -0.2) is 19.9 Å². The van der Waals surface area contributed by atoms with Gasteiger partial charge in [-0.05, 0) is 87.4 Å². The molecule has 4 nitrogen and oxygen atoms in total. The number of hydrogen-bond acceptors (Lipinski definition) is 4. The van der Waals surface area contributed by atoms with E-state index < -0.39 is 0 Å². The van der Waals surface area contributed by atoms with Crippen LogP contribution in [-0.2, 0) is 5.41 Å². The van der Waals surface area contributed by atoms with E-state index in [1.165, 1.54) is 33.4 Å². The molecule has 0 radical (unpaired) electrons. The summed E-state index contributed by atoms with van der Waals surface area (Å²) in [6.07, 6.45) is 0. The second kappa shape index (κ2) is 14.1. The fourth-order valence-corrected chi connectivity index (χ4v) is 8.71. The largest absolute Gasteiger partial charge is 0.245 e. The van der Waals surface area contributed by atoms with Gasteiger partial charge in [0.1, 0.15) is 0 Å². The molecule has 0 aliphatic carbocycles. The first-order chi connectivity index (χ1) is 28.6. The summed E-state index contributed by atoms with van der Waals surface area (Å²) >= 11 is 0. The van der Waals surface area contributed by atoms with Crippen LogP contribution in [0.3, 0.4) is 0 Å². The first-order valence-corrected chi connectivity index (χ1v) is 20.4. The van der Waals surface area contributed by atoms with Gasteiger partial charge in [-0.25, -0.2) is 19.9 Å². The van der Waals surface area contributed by atoms with Gasteiger partial charge in [0.25, 0.3) is 0 Å². The SMILES string of the molecule is Cc1cc(C)cc(-c2ccc3ccc4ccc(-c5ccc(C(C)(C)c6ccc(-c7ccc8ccc9ccc(-c%10cc(C)cc(C)c%10)nc9c8n7)cc6)cc5)nc4c3n2)c1. The van der Waals surface area contributed by atoms with Crippen molar-refractivity contribution in [1.82, 2.24) is 19.9 Å². The average Bonchev–Trinajstić information content (AvgIpc) is 3.25. The maximum Gasteiger partial charge on any atom is 0.0972 e. The van der Waals surface area contributed by atoms with Crippen LogP contribution in [0.5, 0.6) is 0 Å². The molecule has 0 N–H and O–H groups in total. The maximum absolute atomic E-state index is 5.22. The summed E-state index contributed by atoms with van der Waals surface area (Å²) in [7, 11) is 0. The molecule has 59 heavy (non-hydrogen) atoms. The third kappa shape index (κ3) is 6.71. The maximum atomic E-state index is 5.22. The van der Waals surface area contributed by atoms with E-state index >= 15 is 0 Å². The van der Waals surface area contributed by atoms with Gasteiger partial charge in [0.15, 0.2) is 0 Å². The lowest BCUT2D eigenvalue weighted by atomic mass is 9.77. The highest BCUT2D eigenvalue weighted by atomic mass is 14.8. The number of nitrogens with zero attached hydrogens (tertiary/aromatic N) is 4. The monoisotopic (exact) mass is 760 g/mol. The zero-order valence-corrected chi connectivity index (χ0v) is 34.3. The lowest BCUT2D eigenvalue weighted by molar-refractivity contribution is 0.641. The molecule has 10 aromatic rings. The van der Waals surface area contributed by atoms with Crippen LogP contribution in [0.15, 0.2) is 158 Å². The van der Waals surface area contributed by atoms with Crippen LogP contribution in [0.2, 0.25) is 0 Å². The zero-order chi connectivity index (χ0) is 40.4. The lowest BCUT2D eigenvalue weighted by Crippen LogP contribution is -2.18. The third-order valence-corrected chi connectivity index (χ3v) is 11.9. The van der Waals surface area contributed by atoms with Crippen molar-refractivity contribution in [3.63, 3.8) is 0 Å². The second-order valence-electron chi connectivity index (χ2n) is 16.7. The standard InChI is InChI=1S/C55H44N4/c1-33-27-34(2)30-43(29-33)49-25-17-41-9-7-39-15-23-47(56-51(39)53(41)58-49)37-11-19-45(20-12-37)55(5,6)46-21-13-38(14-22-46)48-24-16-40-8-10-42-18-26-50(59-54(42)52(40)57-48)44-31-35(3)28-36(4)32-44/h7-32H,1-6H3. The first kappa shape index (κ1) is 36.3. The van der Waals surface area contributed by atoms with Crippen LogP contribution < -0.4 is 0 Å². The summed E-state index contributed by atoms with van der Waals surface area (Å²) in [5.74, 6) is 0. The highest BCUT2D eigenvalue weighted by Crippen LogP contribution is 2.36. The molecule has 0 fully saturated rings. The molecule has 284 valence electrons. The highest BCUT2D eigenvalue weighted by Gasteiger charge is 2.23. The predicted octanol–water partition coefficient (Wildman–Crippen LogP) is 14.1. The van der Waals surface area contributed by atoms with E-state index in [-0.39, 0.29) is 5.41 Å². The predicted molar refractivity (Wildman–Crippen MR) is 247 cm³/mol. The minimum atomic E-state index is -0.222. The van der Waals surface area contributed by atoms with Crippen molar-refractivity contribution in [1.29, 1.82) is 0 Å². The summed E-state index contributed by atoms with van der Waals surface area (Å²) in [6, 6.07) is 56.6. The van der Waals surface area contributed by atoms with E-state index in [2.05, 4.69) is 199 Å². The molecule has 0 aliphatic heterocycles.